The Balaban J connectivity index is 1.72. The van der Waals surface area contributed by atoms with Crippen LogP contribution in [0.5, 0.6) is 0 Å². The SMILES string of the molecule is CSc1ccccc1C(=O)NCC1(c2ccccc2)CCC1. The van der Waals surface area contributed by atoms with Gasteiger partial charge >= 0.3 is 0 Å². The number of amides is 1. The summed E-state index contributed by atoms with van der Waals surface area (Å²) in [7, 11) is 0. The molecule has 0 saturated heterocycles. The van der Waals surface area contributed by atoms with Crippen molar-refractivity contribution in [3.8, 4) is 0 Å². The van der Waals surface area contributed by atoms with Crippen LogP contribution in [0.25, 0.3) is 0 Å². The van der Waals surface area contributed by atoms with E-state index in [9.17, 15) is 4.79 Å². The summed E-state index contributed by atoms with van der Waals surface area (Å²) in [5, 5.41) is 3.16. The third-order valence-corrected chi connectivity index (χ3v) is 5.43. The molecule has 2 aromatic rings. The lowest BCUT2D eigenvalue weighted by molar-refractivity contribution is 0.0925. The minimum Gasteiger partial charge on any atom is -0.351 e. The van der Waals surface area contributed by atoms with Gasteiger partial charge in [0.05, 0.1) is 5.56 Å². The molecule has 1 saturated carbocycles. The zero-order valence-electron chi connectivity index (χ0n) is 12.8. The van der Waals surface area contributed by atoms with Crippen molar-refractivity contribution in [1.29, 1.82) is 0 Å². The molecule has 1 amide bonds. The fourth-order valence-corrected chi connectivity index (χ4v) is 3.74. The number of benzene rings is 2. The van der Waals surface area contributed by atoms with E-state index in [4.69, 9.17) is 0 Å². The average molecular weight is 311 g/mol. The van der Waals surface area contributed by atoms with Crippen molar-refractivity contribution in [3.05, 3.63) is 65.7 Å². The number of hydrogen-bond acceptors (Lipinski definition) is 2. The van der Waals surface area contributed by atoms with Gasteiger partial charge in [-0.1, -0.05) is 48.9 Å². The van der Waals surface area contributed by atoms with Crippen molar-refractivity contribution in [2.45, 2.75) is 29.6 Å². The number of thioether (sulfide) groups is 1. The highest BCUT2D eigenvalue weighted by molar-refractivity contribution is 7.98. The zero-order chi connectivity index (χ0) is 15.4. The summed E-state index contributed by atoms with van der Waals surface area (Å²) >= 11 is 1.61. The third-order valence-electron chi connectivity index (χ3n) is 4.64. The molecule has 3 rings (SSSR count). The Bertz CT molecular complexity index is 649. The van der Waals surface area contributed by atoms with Gasteiger partial charge in [-0.05, 0) is 36.8 Å². The molecular weight excluding hydrogens is 290 g/mol. The number of carbonyl (C=O) groups excluding carboxylic acids is 1. The van der Waals surface area contributed by atoms with Crippen LogP contribution in [0.2, 0.25) is 0 Å². The summed E-state index contributed by atoms with van der Waals surface area (Å²) in [6.07, 6.45) is 5.55. The smallest absolute Gasteiger partial charge is 0.252 e. The topological polar surface area (TPSA) is 29.1 Å². The predicted molar refractivity (Wildman–Crippen MR) is 92.5 cm³/mol. The summed E-state index contributed by atoms with van der Waals surface area (Å²) in [5.41, 5.74) is 2.25. The Morgan fingerprint density at radius 2 is 1.77 bits per heavy atom. The Hall–Kier alpha value is -1.74. The van der Waals surface area contributed by atoms with Crippen LogP contribution in [0.1, 0.15) is 35.2 Å². The van der Waals surface area contributed by atoms with Crippen LogP contribution in [0.3, 0.4) is 0 Å². The van der Waals surface area contributed by atoms with Crippen LogP contribution in [0.15, 0.2) is 59.5 Å². The molecule has 2 nitrogen and oxygen atoms in total. The van der Waals surface area contributed by atoms with E-state index in [2.05, 4.69) is 29.6 Å². The van der Waals surface area contributed by atoms with Crippen molar-refractivity contribution < 1.29 is 4.79 Å². The molecule has 0 aliphatic heterocycles. The first kappa shape index (κ1) is 15.2. The average Bonchev–Trinajstić information content (AvgIpc) is 2.54. The van der Waals surface area contributed by atoms with Gasteiger partial charge in [0.1, 0.15) is 0 Å². The van der Waals surface area contributed by atoms with Crippen LogP contribution in [-0.2, 0) is 5.41 Å². The van der Waals surface area contributed by atoms with Crippen LogP contribution >= 0.6 is 11.8 Å². The van der Waals surface area contributed by atoms with Crippen molar-refractivity contribution in [3.63, 3.8) is 0 Å². The minimum atomic E-state index is 0.0344. The molecule has 2 aromatic carbocycles. The van der Waals surface area contributed by atoms with Crippen molar-refractivity contribution >= 4 is 17.7 Å². The van der Waals surface area contributed by atoms with Gasteiger partial charge in [-0.2, -0.15) is 0 Å². The van der Waals surface area contributed by atoms with E-state index < -0.39 is 0 Å². The second kappa shape index (κ2) is 6.57. The monoisotopic (exact) mass is 311 g/mol. The summed E-state index contributed by atoms with van der Waals surface area (Å²) in [6, 6.07) is 18.4. The van der Waals surface area contributed by atoms with Crippen LogP contribution in [0.4, 0.5) is 0 Å². The van der Waals surface area contributed by atoms with Gasteiger partial charge in [0.2, 0.25) is 0 Å². The first-order chi connectivity index (χ1) is 10.7. The number of carbonyl (C=O) groups is 1. The maximum atomic E-state index is 12.5. The van der Waals surface area contributed by atoms with Crippen molar-refractivity contribution in [2.75, 3.05) is 12.8 Å². The predicted octanol–water partition coefficient (Wildman–Crippen LogP) is 4.26. The molecule has 0 radical (unpaired) electrons. The quantitative estimate of drug-likeness (QED) is 0.836. The summed E-state index contributed by atoms with van der Waals surface area (Å²) in [4.78, 5) is 13.5. The molecule has 0 aromatic heterocycles. The van der Waals surface area contributed by atoms with E-state index in [1.807, 2.05) is 36.6 Å². The lowest BCUT2D eigenvalue weighted by Crippen LogP contribution is -2.45. The molecule has 0 spiro atoms. The molecule has 0 bridgehead atoms. The second-order valence-corrected chi connectivity index (χ2v) is 6.73. The van der Waals surface area contributed by atoms with Gasteiger partial charge in [0, 0.05) is 16.9 Å². The van der Waals surface area contributed by atoms with Gasteiger partial charge in [-0.15, -0.1) is 11.8 Å². The molecule has 1 fully saturated rings. The molecule has 22 heavy (non-hydrogen) atoms. The normalized spacial score (nSPS) is 15.9. The summed E-state index contributed by atoms with van der Waals surface area (Å²) in [6.45, 7) is 0.721. The van der Waals surface area contributed by atoms with E-state index in [0.717, 1.165) is 29.8 Å². The fraction of sp³-hybridized carbons (Fsp3) is 0.316. The summed E-state index contributed by atoms with van der Waals surface area (Å²) in [5.74, 6) is 0.0344. The Labute approximate surface area is 136 Å². The first-order valence-corrected chi connectivity index (χ1v) is 8.94. The lowest BCUT2D eigenvalue weighted by atomic mass is 9.64. The number of hydrogen-bond donors (Lipinski definition) is 1. The van der Waals surface area contributed by atoms with Gasteiger partial charge in [-0.25, -0.2) is 0 Å². The van der Waals surface area contributed by atoms with Crippen molar-refractivity contribution in [1.82, 2.24) is 5.32 Å². The number of nitrogens with one attached hydrogen (secondary N) is 1. The summed E-state index contributed by atoms with van der Waals surface area (Å²) < 4.78 is 0. The largest absolute Gasteiger partial charge is 0.351 e. The van der Waals surface area contributed by atoms with E-state index in [1.54, 1.807) is 11.8 Å². The zero-order valence-corrected chi connectivity index (χ0v) is 13.7. The van der Waals surface area contributed by atoms with E-state index in [-0.39, 0.29) is 11.3 Å². The highest BCUT2D eigenvalue weighted by Gasteiger charge is 2.38. The van der Waals surface area contributed by atoms with Crippen molar-refractivity contribution in [2.24, 2.45) is 0 Å². The van der Waals surface area contributed by atoms with E-state index in [1.165, 1.54) is 12.0 Å². The maximum Gasteiger partial charge on any atom is 0.252 e. The lowest BCUT2D eigenvalue weighted by Gasteiger charge is -2.42. The van der Waals surface area contributed by atoms with E-state index in [0.29, 0.717) is 0 Å². The Morgan fingerprint density at radius 1 is 1.09 bits per heavy atom. The highest BCUT2D eigenvalue weighted by atomic mass is 32.2. The Morgan fingerprint density at radius 3 is 2.41 bits per heavy atom. The van der Waals surface area contributed by atoms with Crippen LogP contribution < -0.4 is 5.32 Å². The molecule has 0 unspecified atom stereocenters. The molecule has 114 valence electrons. The van der Waals surface area contributed by atoms with Crippen LogP contribution in [0, 0.1) is 0 Å². The molecule has 3 heteroatoms. The third kappa shape index (κ3) is 2.91. The van der Waals surface area contributed by atoms with E-state index >= 15 is 0 Å². The van der Waals surface area contributed by atoms with Gasteiger partial charge < -0.3 is 5.32 Å². The van der Waals surface area contributed by atoms with Crippen LogP contribution in [-0.4, -0.2) is 18.7 Å². The fourth-order valence-electron chi connectivity index (χ4n) is 3.14. The first-order valence-electron chi connectivity index (χ1n) is 7.72. The molecular formula is C19H21NOS. The second-order valence-electron chi connectivity index (χ2n) is 5.88. The molecule has 1 aliphatic rings. The molecule has 0 atom stereocenters. The minimum absolute atomic E-state index is 0.0344. The van der Waals surface area contributed by atoms with Gasteiger partial charge in [0.25, 0.3) is 5.91 Å². The highest BCUT2D eigenvalue weighted by Crippen LogP contribution is 2.43. The maximum absolute atomic E-state index is 12.5. The standard InChI is InChI=1S/C19H21NOS/c1-22-17-11-6-5-10-16(17)18(21)20-14-19(12-7-13-19)15-8-3-2-4-9-15/h2-6,8-11H,7,12-14H2,1H3,(H,20,21). The van der Waals surface area contributed by atoms with Gasteiger partial charge in [0.15, 0.2) is 0 Å². The molecule has 1 N–H and O–H groups in total. The Kier molecular flexibility index (Phi) is 4.53. The molecule has 0 heterocycles. The molecule has 1 aliphatic carbocycles. The number of rotatable bonds is 5. The van der Waals surface area contributed by atoms with Gasteiger partial charge in [-0.3, -0.25) is 4.79 Å².